The molecule has 0 saturated heterocycles. The minimum Gasteiger partial charge on any atom is -0.397 e. The minimum absolute atomic E-state index is 0.161. The van der Waals surface area contributed by atoms with Gasteiger partial charge in [0.2, 0.25) is 0 Å². The van der Waals surface area contributed by atoms with Crippen molar-refractivity contribution < 1.29 is 17.7 Å². The molecule has 0 heterocycles. The van der Waals surface area contributed by atoms with Gasteiger partial charge in [-0.3, -0.25) is 0 Å². The molecule has 0 N–H and O–H groups in total. The molecule has 31 heavy (non-hydrogen) atoms. The fraction of sp³-hybridized carbons (Fsp3) is 1.00. The van der Waals surface area contributed by atoms with E-state index >= 15 is 0 Å². The van der Waals surface area contributed by atoms with E-state index in [1.807, 2.05) is 0 Å². The zero-order valence-electron chi connectivity index (χ0n) is 21.7. The summed E-state index contributed by atoms with van der Waals surface area (Å²) in [6.07, 6.45) is 7.26. The fourth-order valence-corrected chi connectivity index (χ4v) is 8.61. The zero-order valence-corrected chi connectivity index (χ0v) is 24.7. The van der Waals surface area contributed by atoms with E-state index in [1.165, 1.54) is 32.2 Å². The van der Waals surface area contributed by atoms with Gasteiger partial charge in [0.25, 0.3) is 0 Å². The monoisotopic (exact) mass is 490 g/mol. The highest BCUT2D eigenvalue weighted by molar-refractivity contribution is 6.66. The van der Waals surface area contributed by atoms with E-state index in [-0.39, 0.29) is 4.66 Å². The fourth-order valence-electron chi connectivity index (χ4n) is 3.58. The Morgan fingerprint density at radius 1 is 0.839 bits per heavy atom. The quantitative estimate of drug-likeness (QED) is 0.169. The minimum atomic E-state index is -1.29. The summed E-state index contributed by atoms with van der Waals surface area (Å²) < 4.78 is 23.3. The number of hydrogen-bond acceptors (Lipinski definition) is 6. The molecule has 0 fully saturated rings. The molecule has 184 valence electrons. The highest BCUT2D eigenvalue weighted by atomic mass is 28.3. The molecule has 6 nitrogen and oxygen atoms in total. The van der Waals surface area contributed by atoms with Crippen LogP contribution in [-0.4, -0.2) is 105 Å². The van der Waals surface area contributed by atoms with Gasteiger partial charge in [-0.05, 0) is 78.5 Å². The molecular formula is C22H50N2O4Si3. The van der Waals surface area contributed by atoms with Crippen molar-refractivity contribution in [2.75, 3.05) is 66.8 Å². The van der Waals surface area contributed by atoms with Gasteiger partial charge in [-0.1, -0.05) is 33.6 Å². The first-order chi connectivity index (χ1) is 14.9. The van der Waals surface area contributed by atoms with Crippen LogP contribution in [0.2, 0.25) is 10.7 Å². The highest BCUT2D eigenvalue weighted by Gasteiger charge is 2.40. The van der Waals surface area contributed by atoms with Crippen LogP contribution in [0.25, 0.3) is 0 Å². The van der Waals surface area contributed by atoms with Crippen molar-refractivity contribution in [3.63, 3.8) is 0 Å². The Morgan fingerprint density at radius 2 is 1.45 bits per heavy atom. The second-order valence-corrected chi connectivity index (χ2v) is 14.7. The zero-order chi connectivity index (χ0) is 23.5. The second-order valence-electron chi connectivity index (χ2n) is 8.12. The number of hydrogen-bond donors (Lipinski definition) is 0. The van der Waals surface area contributed by atoms with Crippen molar-refractivity contribution in [3.8, 4) is 0 Å². The molecule has 1 atom stereocenters. The van der Waals surface area contributed by atoms with Crippen LogP contribution in [0, 0.1) is 0 Å². The van der Waals surface area contributed by atoms with E-state index in [0.717, 1.165) is 61.0 Å². The van der Waals surface area contributed by atoms with E-state index in [0.29, 0.717) is 0 Å². The third-order valence-corrected chi connectivity index (χ3v) is 12.5. The molecule has 1 unspecified atom stereocenters. The van der Waals surface area contributed by atoms with Gasteiger partial charge in [0.1, 0.15) is 0 Å². The van der Waals surface area contributed by atoms with Gasteiger partial charge in [-0.25, -0.2) is 0 Å². The highest BCUT2D eigenvalue weighted by Crippen LogP contribution is 2.36. The summed E-state index contributed by atoms with van der Waals surface area (Å²) in [4.78, 5) is 4.98. The topological polar surface area (TPSA) is 43.4 Å². The van der Waals surface area contributed by atoms with E-state index in [9.17, 15) is 0 Å². The largest absolute Gasteiger partial charge is 0.397 e. The lowest BCUT2D eigenvalue weighted by Crippen LogP contribution is -2.44. The Kier molecular flexibility index (Phi) is 20.1. The van der Waals surface area contributed by atoms with Gasteiger partial charge in [-0.15, -0.1) is 0 Å². The molecule has 9 heteroatoms. The van der Waals surface area contributed by atoms with Crippen LogP contribution in [0.3, 0.4) is 0 Å². The lowest BCUT2D eigenvalue weighted by molar-refractivity contribution is 0.196. The first-order valence-corrected chi connectivity index (χ1v) is 16.2. The maximum absolute atomic E-state index is 6.18. The Hall–Kier alpha value is 0.411. The predicted molar refractivity (Wildman–Crippen MR) is 136 cm³/mol. The average molecular weight is 491 g/mol. The van der Waals surface area contributed by atoms with Crippen molar-refractivity contribution in [3.05, 3.63) is 0 Å². The molecular weight excluding hydrogens is 441 g/mol. The molecule has 0 aromatic rings. The van der Waals surface area contributed by atoms with Crippen LogP contribution in [0.1, 0.15) is 66.7 Å². The van der Waals surface area contributed by atoms with Crippen molar-refractivity contribution in [1.82, 2.24) is 9.80 Å². The summed E-state index contributed by atoms with van der Waals surface area (Å²) in [5.41, 5.74) is 0. The first-order valence-electron chi connectivity index (χ1n) is 12.1. The summed E-state index contributed by atoms with van der Waals surface area (Å²) in [7, 11) is 4.19. The summed E-state index contributed by atoms with van der Waals surface area (Å²) in [5.74, 6) is 0. The summed E-state index contributed by atoms with van der Waals surface area (Å²) in [6, 6.07) is 1.03. The summed E-state index contributed by atoms with van der Waals surface area (Å²) in [5, 5.41) is 0. The predicted octanol–water partition coefficient (Wildman–Crippen LogP) is 3.93. The molecule has 0 aliphatic carbocycles. The van der Waals surface area contributed by atoms with E-state index in [4.69, 9.17) is 17.7 Å². The summed E-state index contributed by atoms with van der Waals surface area (Å²) >= 11 is 0. The molecule has 0 aromatic heterocycles. The van der Waals surface area contributed by atoms with Crippen molar-refractivity contribution in [2.45, 2.75) is 77.4 Å². The lowest BCUT2D eigenvalue weighted by atomic mass is 10.1. The van der Waals surface area contributed by atoms with Gasteiger partial charge in [0, 0.05) is 32.1 Å². The lowest BCUT2D eigenvalue weighted by Gasteiger charge is -2.35. The van der Waals surface area contributed by atoms with Crippen LogP contribution in [0.4, 0.5) is 0 Å². The van der Waals surface area contributed by atoms with E-state index in [1.54, 1.807) is 14.2 Å². The Labute approximate surface area is 199 Å². The molecule has 0 aromatic carbocycles. The van der Waals surface area contributed by atoms with Crippen molar-refractivity contribution in [2.24, 2.45) is 0 Å². The number of nitrogens with zero attached hydrogens (tertiary/aromatic N) is 2. The smallest absolute Gasteiger partial charge is 0.387 e. The van der Waals surface area contributed by atoms with E-state index < -0.39 is 18.6 Å². The van der Waals surface area contributed by atoms with Gasteiger partial charge >= 0.3 is 18.6 Å². The van der Waals surface area contributed by atoms with Crippen LogP contribution in [0.5, 0.6) is 0 Å². The van der Waals surface area contributed by atoms with Gasteiger partial charge in [-0.2, -0.15) is 0 Å². The molecule has 0 aliphatic rings. The van der Waals surface area contributed by atoms with Crippen molar-refractivity contribution in [1.29, 1.82) is 0 Å². The van der Waals surface area contributed by atoms with Crippen LogP contribution in [0.15, 0.2) is 0 Å². The average Bonchev–Trinajstić information content (AvgIpc) is 2.77. The maximum Gasteiger partial charge on any atom is 0.387 e. The molecule has 0 spiro atoms. The van der Waals surface area contributed by atoms with Crippen LogP contribution >= 0.6 is 0 Å². The Balaban J connectivity index is 4.69. The van der Waals surface area contributed by atoms with Crippen LogP contribution < -0.4 is 0 Å². The third-order valence-electron chi connectivity index (χ3n) is 5.66. The normalized spacial score (nSPS) is 14.3. The molecule has 0 rings (SSSR count). The molecule has 4 radical (unpaired) electrons. The maximum atomic E-state index is 6.18. The van der Waals surface area contributed by atoms with Gasteiger partial charge < -0.3 is 27.5 Å². The molecule has 0 amide bonds. The van der Waals surface area contributed by atoms with Gasteiger partial charge in [0.05, 0.1) is 9.52 Å². The molecule has 0 saturated carbocycles. The number of unbranched alkanes of at least 4 members (excludes halogenated alkanes) is 2. The standard InChI is InChI=1S/C22H50N2O4Si3/c1-9-24(10-2)19-15-13-14-17-22(5,31(27-11-3)28-12-4)29-21-23(6)18-16-20-30(25-7)26-8/h9-21H2,1-8H3. The molecule has 0 bridgehead atoms. The Bertz CT molecular complexity index is 399. The first kappa shape index (κ1) is 31.4. The van der Waals surface area contributed by atoms with Crippen molar-refractivity contribution >= 4 is 28.1 Å². The van der Waals surface area contributed by atoms with Crippen LogP contribution in [-0.2, 0) is 17.7 Å². The van der Waals surface area contributed by atoms with Gasteiger partial charge in [0.15, 0.2) is 0 Å². The second kappa shape index (κ2) is 19.8. The summed E-state index contributed by atoms with van der Waals surface area (Å²) in [6.45, 7) is 17.2. The SMILES string of the molecule is CCO[Si](OCC)C(C)(CCCCCN(CC)CC)[Si]CN(C)CCC[Si](OC)OC. The third kappa shape index (κ3) is 14.3. The van der Waals surface area contributed by atoms with E-state index in [2.05, 4.69) is 51.5 Å². The Morgan fingerprint density at radius 3 is 1.97 bits per heavy atom. The molecule has 0 aliphatic heterocycles. The number of rotatable bonds is 22.